The smallest absolute Gasteiger partial charge is 0.340 e. The number of ether oxygens (including phenoxy) is 4. The summed E-state index contributed by atoms with van der Waals surface area (Å²) in [7, 11) is 4.48. The lowest BCUT2D eigenvalue weighted by molar-refractivity contribution is -0.148. The molecule has 2 aliphatic heterocycles. The van der Waals surface area contributed by atoms with E-state index in [9.17, 15) is 19.2 Å². The third-order valence-electron chi connectivity index (χ3n) is 4.36. The molecule has 0 saturated carbocycles. The summed E-state index contributed by atoms with van der Waals surface area (Å²) < 4.78 is 19.3. The predicted octanol–water partition coefficient (Wildman–Crippen LogP) is 0.777. The van der Waals surface area contributed by atoms with Gasteiger partial charge < -0.3 is 23.8 Å². The average Bonchev–Trinajstić information content (AvgIpc) is 2.69. The van der Waals surface area contributed by atoms with Gasteiger partial charge in [0.25, 0.3) is 0 Å². The standard InChI is InChI=1S/C19H21NO8/c1-9-7-10(2)20-11(8-9)12(16(21)25-3)13(17(22)26-4)14(18(23)27-5)15(20)19(24)28-6/h7-8,15H,1-6H3. The van der Waals surface area contributed by atoms with Crippen molar-refractivity contribution in [2.45, 2.75) is 19.9 Å². The number of carbonyl (C=O) groups excluding carboxylic acids is 4. The Morgan fingerprint density at radius 1 is 0.786 bits per heavy atom. The predicted molar refractivity (Wildman–Crippen MR) is 95.3 cm³/mol. The molecule has 2 aliphatic rings. The van der Waals surface area contributed by atoms with Crippen LogP contribution in [0.3, 0.4) is 0 Å². The van der Waals surface area contributed by atoms with Crippen LogP contribution in [0.1, 0.15) is 13.8 Å². The van der Waals surface area contributed by atoms with Crippen molar-refractivity contribution < 1.29 is 38.1 Å². The summed E-state index contributed by atoms with van der Waals surface area (Å²) in [5.74, 6) is -3.65. The van der Waals surface area contributed by atoms with Crippen molar-refractivity contribution >= 4 is 23.9 Å². The Hall–Kier alpha value is -3.36. The number of allylic oxidation sites excluding steroid dienone is 4. The topological polar surface area (TPSA) is 108 Å². The summed E-state index contributed by atoms with van der Waals surface area (Å²) in [5.41, 5.74) is 0.554. The van der Waals surface area contributed by atoms with Gasteiger partial charge in [0, 0.05) is 5.70 Å². The van der Waals surface area contributed by atoms with Crippen molar-refractivity contribution in [3.05, 3.63) is 45.8 Å². The van der Waals surface area contributed by atoms with Gasteiger partial charge >= 0.3 is 23.9 Å². The van der Waals surface area contributed by atoms with E-state index < -0.39 is 35.5 Å². The van der Waals surface area contributed by atoms with Crippen molar-refractivity contribution in [2.75, 3.05) is 28.4 Å². The molecule has 150 valence electrons. The molecule has 1 atom stereocenters. The van der Waals surface area contributed by atoms with Gasteiger partial charge in [-0.2, -0.15) is 0 Å². The van der Waals surface area contributed by atoms with Crippen LogP contribution in [0.25, 0.3) is 0 Å². The maximum atomic E-state index is 12.6. The Balaban J connectivity index is 3.02. The Morgan fingerprint density at radius 3 is 1.82 bits per heavy atom. The molecule has 0 aromatic carbocycles. The van der Waals surface area contributed by atoms with Gasteiger partial charge in [-0.1, -0.05) is 0 Å². The van der Waals surface area contributed by atoms with Crippen LogP contribution in [0.2, 0.25) is 0 Å². The zero-order chi connectivity index (χ0) is 21.2. The summed E-state index contributed by atoms with van der Waals surface area (Å²) in [6, 6.07) is -1.35. The van der Waals surface area contributed by atoms with Gasteiger partial charge in [-0.05, 0) is 31.6 Å². The Morgan fingerprint density at radius 2 is 1.32 bits per heavy atom. The van der Waals surface area contributed by atoms with Crippen molar-refractivity contribution in [3.63, 3.8) is 0 Å². The first-order valence-electron chi connectivity index (χ1n) is 8.20. The number of hydrogen-bond donors (Lipinski definition) is 0. The largest absolute Gasteiger partial charge is 0.467 e. The van der Waals surface area contributed by atoms with Crippen molar-refractivity contribution in [1.82, 2.24) is 4.90 Å². The van der Waals surface area contributed by atoms with E-state index >= 15 is 0 Å². The molecule has 0 bridgehead atoms. The van der Waals surface area contributed by atoms with Gasteiger partial charge in [0.2, 0.25) is 0 Å². The number of hydrogen-bond acceptors (Lipinski definition) is 9. The molecule has 1 unspecified atom stereocenters. The molecule has 9 nitrogen and oxygen atoms in total. The molecule has 2 rings (SSSR count). The molecule has 0 radical (unpaired) electrons. The SMILES string of the molecule is COC(=O)C1=C(C(=O)OC)C(C(=O)OC)N2C(C)=CC(C)=CC2=C1C(=O)OC. The van der Waals surface area contributed by atoms with Gasteiger partial charge in [-0.25, -0.2) is 19.2 Å². The minimum atomic E-state index is -1.35. The van der Waals surface area contributed by atoms with Crippen molar-refractivity contribution in [2.24, 2.45) is 0 Å². The third-order valence-corrected chi connectivity index (χ3v) is 4.36. The fourth-order valence-corrected chi connectivity index (χ4v) is 3.26. The zero-order valence-corrected chi connectivity index (χ0v) is 16.4. The highest BCUT2D eigenvalue weighted by Gasteiger charge is 2.48. The lowest BCUT2D eigenvalue weighted by Gasteiger charge is -2.40. The minimum absolute atomic E-state index is 0.207. The Labute approximate surface area is 161 Å². The fraction of sp³-hybridized carbons (Fsp3) is 0.368. The molecule has 9 heteroatoms. The van der Waals surface area contributed by atoms with Crippen LogP contribution in [-0.2, 0) is 38.1 Å². The van der Waals surface area contributed by atoms with Crippen molar-refractivity contribution in [3.8, 4) is 0 Å². The number of fused-ring (bicyclic) bond motifs is 1. The van der Waals surface area contributed by atoms with Crippen LogP contribution < -0.4 is 0 Å². The van der Waals surface area contributed by atoms with E-state index in [0.29, 0.717) is 5.70 Å². The second kappa shape index (κ2) is 8.12. The summed E-state index contributed by atoms with van der Waals surface area (Å²) in [6.45, 7) is 3.48. The van der Waals surface area contributed by atoms with Gasteiger partial charge in [-0.3, -0.25) is 0 Å². The second-order valence-corrected chi connectivity index (χ2v) is 5.99. The first kappa shape index (κ1) is 20.9. The van der Waals surface area contributed by atoms with Crippen molar-refractivity contribution in [1.29, 1.82) is 0 Å². The number of nitrogens with zero attached hydrogens (tertiary/aromatic N) is 1. The van der Waals surface area contributed by atoms with Gasteiger partial charge in [-0.15, -0.1) is 0 Å². The molecule has 0 fully saturated rings. The molecular weight excluding hydrogens is 370 g/mol. The highest BCUT2D eigenvalue weighted by atomic mass is 16.5. The number of methoxy groups -OCH3 is 4. The molecule has 0 N–H and O–H groups in total. The van der Waals surface area contributed by atoms with E-state index in [4.69, 9.17) is 18.9 Å². The summed E-state index contributed by atoms with van der Waals surface area (Å²) >= 11 is 0. The number of esters is 4. The van der Waals surface area contributed by atoms with E-state index in [0.717, 1.165) is 34.0 Å². The van der Waals surface area contributed by atoms with E-state index in [1.165, 1.54) is 4.90 Å². The number of carbonyl (C=O) groups is 4. The summed E-state index contributed by atoms with van der Waals surface area (Å²) in [6.07, 6.45) is 3.36. The van der Waals surface area contributed by atoms with Crippen LogP contribution in [0.5, 0.6) is 0 Å². The maximum Gasteiger partial charge on any atom is 0.340 e. The van der Waals surface area contributed by atoms with Gasteiger partial charge in [0.05, 0.1) is 50.9 Å². The Bertz CT molecular complexity index is 874. The fourth-order valence-electron chi connectivity index (χ4n) is 3.26. The quantitative estimate of drug-likeness (QED) is 0.507. The monoisotopic (exact) mass is 391 g/mol. The first-order chi connectivity index (χ1) is 13.2. The average molecular weight is 391 g/mol. The molecular formula is C19H21NO8. The second-order valence-electron chi connectivity index (χ2n) is 5.99. The highest BCUT2D eigenvalue weighted by molar-refractivity contribution is 6.15. The van der Waals surface area contributed by atoms with E-state index in [1.807, 2.05) is 0 Å². The summed E-state index contributed by atoms with van der Waals surface area (Å²) in [5, 5.41) is 0. The maximum absolute atomic E-state index is 12.6. The molecule has 0 spiro atoms. The third kappa shape index (κ3) is 3.30. The van der Waals surface area contributed by atoms with Crippen LogP contribution in [0.4, 0.5) is 0 Å². The molecule has 0 saturated heterocycles. The number of rotatable bonds is 4. The van der Waals surface area contributed by atoms with Gasteiger partial charge in [0.1, 0.15) is 0 Å². The lowest BCUT2D eigenvalue weighted by atomic mass is 9.85. The van der Waals surface area contributed by atoms with Crippen LogP contribution >= 0.6 is 0 Å². The minimum Gasteiger partial charge on any atom is -0.467 e. The van der Waals surface area contributed by atoms with Crippen LogP contribution in [0.15, 0.2) is 45.8 Å². The first-order valence-corrected chi connectivity index (χ1v) is 8.20. The van der Waals surface area contributed by atoms with E-state index in [1.54, 1.807) is 26.0 Å². The van der Waals surface area contributed by atoms with Crippen LogP contribution in [0, 0.1) is 0 Å². The summed E-state index contributed by atoms with van der Waals surface area (Å²) in [4.78, 5) is 51.9. The Kier molecular flexibility index (Phi) is 6.07. The molecule has 0 aromatic heterocycles. The molecule has 0 aliphatic carbocycles. The molecule has 2 heterocycles. The van der Waals surface area contributed by atoms with E-state index in [-0.39, 0.29) is 16.8 Å². The lowest BCUT2D eigenvalue weighted by Crippen LogP contribution is -2.49. The molecule has 0 aromatic rings. The molecule has 0 amide bonds. The van der Waals surface area contributed by atoms with Gasteiger partial charge in [0.15, 0.2) is 6.04 Å². The molecule has 28 heavy (non-hydrogen) atoms. The normalized spacial score (nSPS) is 18.6. The highest BCUT2D eigenvalue weighted by Crippen LogP contribution is 2.40. The van der Waals surface area contributed by atoms with Crippen LogP contribution in [-0.4, -0.2) is 63.3 Å². The van der Waals surface area contributed by atoms with E-state index in [2.05, 4.69) is 0 Å². The zero-order valence-electron chi connectivity index (χ0n) is 16.4.